The largest absolute Gasteiger partial charge is 0.322 e. The van der Waals surface area contributed by atoms with Gasteiger partial charge < -0.3 is 5.32 Å². The molecule has 0 bridgehead atoms. The van der Waals surface area contributed by atoms with Crippen LogP contribution in [0.1, 0.15) is 39.9 Å². The topological polar surface area (TPSA) is 66.5 Å². The lowest BCUT2D eigenvalue weighted by molar-refractivity contribution is 0.102. The summed E-state index contributed by atoms with van der Waals surface area (Å²) in [4.78, 5) is 12.8. The Balaban J connectivity index is 1.89. The summed E-state index contributed by atoms with van der Waals surface area (Å²) in [5.74, 6) is -0.240. The van der Waals surface area contributed by atoms with Crippen LogP contribution >= 0.6 is 0 Å². The Hall–Kier alpha value is -2.18. The van der Waals surface area contributed by atoms with Crippen LogP contribution in [0.15, 0.2) is 41.3 Å². The highest BCUT2D eigenvalue weighted by molar-refractivity contribution is 7.89. The Morgan fingerprint density at radius 2 is 1.65 bits per heavy atom. The molecule has 2 aromatic carbocycles. The summed E-state index contributed by atoms with van der Waals surface area (Å²) in [5, 5.41) is 2.83. The molecule has 0 saturated carbocycles. The zero-order valence-corrected chi connectivity index (χ0v) is 16.2. The number of hydrogen-bond acceptors (Lipinski definition) is 3. The van der Waals surface area contributed by atoms with Crippen molar-refractivity contribution in [3.8, 4) is 0 Å². The Bertz CT molecular complexity index is 946. The molecule has 0 aromatic heterocycles. The first-order valence-electron chi connectivity index (χ1n) is 8.78. The highest BCUT2D eigenvalue weighted by atomic mass is 32.2. The number of sulfonamides is 1. The van der Waals surface area contributed by atoms with Gasteiger partial charge in [0.1, 0.15) is 0 Å². The first kappa shape index (κ1) is 18.6. The van der Waals surface area contributed by atoms with Crippen molar-refractivity contribution in [2.24, 2.45) is 0 Å². The van der Waals surface area contributed by atoms with E-state index in [1.807, 2.05) is 26.0 Å². The maximum Gasteiger partial charge on any atom is 0.255 e. The van der Waals surface area contributed by atoms with Gasteiger partial charge >= 0.3 is 0 Å². The second-order valence-corrected chi connectivity index (χ2v) is 8.77. The van der Waals surface area contributed by atoms with Crippen LogP contribution in [0.3, 0.4) is 0 Å². The molecule has 1 N–H and O–H groups in total. The zero-order chi connectivity index (χ0) is 18.9. The molecule has 0 radical (unpaired) electrons. The van der Waals surface area contributed by atoms with Gasteiger partial charge in [-0.2, -0.15) is 4.31 Å². The molecule has 1 aliphatic heterocycles. The number of nitrogens with one attached hydrogen (secondary N) is 1. The monoisotopic (exact) mass is 372 g/mol. The van der Waals surface area contributed by atoms with Crippen molar-refractivity contribution in [2.45, 2.75) is 38.5 Å². The summed E-state index contributed by atoms with van der Waals surface area (Å²) < 4.78 is 27.3. The number of amides is 1. The van der Waals surface area contributed by atoms with Crippen LogP contribution in [0, 0.1) is 20.8 Å². The fraction of sp³-hybridized carbons (Fsp3) is 0.350. The average molecular weight is 372 g/mol. The fourth-order valence-corrected chi connectivity index (χ4v) is 5.06. The Morgan fingerprint density at radius 1 is 0.962 bits per heavy atom. The molecule has 1 amide bonds. The first-order chi connectivity index (χ1) is 12.3. The van der Waals surface area contributed by atoms with Crippen LogP contribution in [0.2, 0.25) is 0 Å². The van der Waals surface area contributed by atoms with E-state index in [1.54, 1.807) is 31.2 Å². The number of benzene rings is 2. The Morgan fingerprint density at radius 3 is 2.31 bits per heavy atom. The molecule has 0 unspecified atom stereocenters. The van der Waals surface area contributed by atoms with Crippen molar-refractivity contribution in [2.75, 3.05) is 18.4 Å². The summed E-state index contributed by atoms with van der Waals surface area (Å²) in [7, 11) is -3.52. The van der Waals surface area contributed by atoms with Crippen LogP contribution in [0.25, 0.3) is 0 Å². The molecule has 2 aromatic rings. The molecule has 1 aliphatic rings. The van der Waals surface area contributed by atoms with Gasteiger partial charge in [-0.05, 0) is 62.9 Å². The number of rotatable bonds is 4. The molecule has 1 fully saturated rings. The fourth-order valence-electron chi connectivity index (χ4n) is 3.29. The standard InChI is InChI=1S/C20H24N2O3S/c1-14-6-9-18(16(3)12-14)20(23)21-17-8-7-15(2)19(13-17)26(24,25)22-10-4-5-11-22/h6-9,12-13H,4-5,10-11H2,1-3H3,(H,21,23). The van der Waals surface area contributed by atoms with Crippen molar-refractivity contribution in [3.63, 3.8) is 0 Å². The van der Waals surface area contributed by atoms with Crippen LogP contribution in [0.5, 0.6) is 0 Å². The highest BCUT2D eigenvalue weighted by Crippen LogP contribution is 2.26. The molecule has 5 nitrogen and oxygen atoms in total. The minimum absolute atomic E-state index is 0.240. The maximum absolute atomic E-state index is 12.9. The number of anilines is 1. The van der Waals surface area contributed by atoms with Gasteiger partial charge in [-0.15, -0.1) is 0 Å². The van der Waals surface area contributed by atoms with E-state index in [9.17, 15) is 13.2 Å². The second-order valence-electron chi connectivity index (χ2n) is 6.86. The third-order valence-corrected chi connectivity index (χ3v) is 6.80. The Kier molecular flexibility index (Phi) is 5.16. The van der Waals surface area contributed by atoms with Crippen molar-refractivity contribution >= 4 is 21.6 Å². The van der Waals surface area contributed by atoms with Gasteiger partial charge in [0.25, 0.3) is 5.91 Å². The zero-order valence-electron chi connectivity index (χ0n) is 15.4. The quantitative estimate of drug-likeness (QED) is 0.891. The van der Waals surface area contributed by atoms with E-state index in [-0.39, 0.29) is 10.8 Å². The van der Waals surface area contributed by atoms with E-state index < -0.39 is 10.0 Å². The smallest absolute Gasteiger partial charge is 0.255 e. The van der Waals surface area contributed by atoms with Gasteiger partial charge in [0.05, 0.1) is 4.90 Å². The van der Waals surface area contributed by atoms with E-state index in [4.69, 9.17) is 0 Å². The first-order valence-corrected chi connectivity index (χ1v) is 10.2. The number of carbonyl (C=O) groups excluding carboxylic acids is 1. The molecule has 6 heteroatoms. The second kappa shape index (κ2) is 7.21. The lowest BCUT2D eigenvalue weighted by atomic mass is 10.1. The number of hydrogen-bond donors (Lipinski definition) is 1. The SMILES string of the molecule is Cc1ccc(C(=O)Nc2ccc(C)c(S(=O)(=O)N3CCCC3)c2)c(C)c1. The van der Waals surface area contributed by atoms with Crippen molar-refractivity contribution in [1.29, 1.82) is 0 Å². The predicted molar refractivity (Wildman–Crippen MR) is 103 cm³/mol. The highest BCUT2D eigenvalue weighted by Gasteiger charge is 2.28. The van der Waals surface area contributed by atoms with E-state index in [1.165, 1.54) is 4.31 Å². The minimum Gasteiger partial charge on any atom is -0.322 e. The third-order valence-electron chi connectivity index (χ3n) is 4.76. The number of aryl methyl sites for hydroxylation is 3. The van der Waals surface area contributed by atoms with Gasteiger partial charge in [-0.25, -0.2) is 8.42 Å². The van der Waals surface area contributed by atoms with Crippen LogP contribution < -0.4 is 5.32 Å². The lowest BCUT2D eigenvalue weighted by Gasteiger charge is -2.18. The van der Waals surface area contributed by atoms with E-state index in [0.717, 1.165) is 24.0 Å². The number of nitrogens with zero attached hydrogens (tertiary/aromatic N) is 1. The summed E-state index contributed by atoms with van der Waals surface area (Å²) >= 11 is 0. The van der Waals surface area contributed by atoms with Gasteiger partial charge in [-0.3, -0.25) is 4.79 Å². The molecule has 3 rings (SSSR count). The third kappa shape index (κ3) is 3.66. The molecule has 1 heterocycles. The molecule has 26 heavy (non-hydrogen) atoms. The minimum atomic E-state index is -3.52. The van der Waals surface area contributed by atoms with Gasteiger partial charge in [-0.1, -0.05) is 23.8 Å². The average Bonchev–Trinajstić information content (AvgIpc) is 3.11. The Labute approximate surface area is 155 Å². The van der Waals surface area contributed by atoms with Crippen molar-refractivity contribution in [1.82, 2.24) is 4.31 Å². The van der Waals surface area contributed by atoms with Crippen LogP contribution in [0.4, 0.5) is 5.69 Å². The maximum atomic E-state index is 12.9. The van der Waals surface area contributed by atoms with Crippen LogP contribution in [-0.2, 0) is 10.0 Å². The van der Waals surface area contributed by atoms with E-state index >= 15 is 0 Å². The van der Waals surface area contributed by atoms with Crippen molar-refractivity contribution < 1.29 is 13.2 Å². The van der Waals surface area contributed by atoms with Gasteiger partial charge in [0.15, 0.2) is 0 Å². The molecule has 138 valence electrons. The molecule has 0 aliphatic carbocycles. The van der Waals surface area contributed by atoms with E-state index in [2.05, 4.69) is 5.32 Å². The molecular formula is C20H24N2O3S. The molecule has 0 atom stereocenters. The van der Waals surface area contributed by atoms with Crippen LogP contribution in [-0.4, -0.2) is 31.7 Å². The molecule has 1 saturated heterocycles. The van der Waals surface area contributed by atoms with Gasteiger partial charge in [0.2, 0.25) is 10.0 Å². The number of carbonyl (C=O) groups is 1. The van der Waals surface area contributed by atoms with E-state index in [0.29, 0.717) is 29.9 Å². The van der Waals surface area contributed by atoms with Crippen molar-refractivity contribution in [3.05, 3.63) is 58.7 Å². The normalized spacial score (nSPS) is 15.2. The summed E-state index contributed by atoms with van der Waals surface area (Å²) in [5.41, 5.74) is 3.73. The predicted octanol–water partition coefficient (Wildman–Crippen LogP) is 3.65. The summed E-state index contributed by atoms with van der Waals surface area (Å²) in [6.45, 7) is 6.75. The lowest BCUT2D eigenvalue weighted by Crippen LogP contribution is -2.28. The summed E-state index contributed by atoms with van der Waals surface area (Å²) in [6.07, 6.45) is 1.78. The molecule has 0 spiro atoms. The van der Waals surface area contributed by atoms with Gasteiger partial charge in [0, 0.05) is 24.3 Å². The molecular weight excluding hydrogens is 348 g/mol. The summed E-state index contributed by atoms with van der Waals surface area (Å²) in [6, 6.07) is 10.7.